The zero-order valence-electron chi connectivity index (χ0n) is 10.8. The monoisotopic (exact) mass is 285 g/mol. The van der Waals surface area contributed by atoms with E-state index in [0.29, 0.717) is 11.3 Å². The predicted octanol–water partition coefficient (Wildman–Crippen LogP) is -0.995. The van der Waals surface area contributed by atoms with Crippen LogP contribution in [0.1, 0.15) is 5.56 Å². The van der Waals surface area contributed by atoms with Gasteiger partial charge in [-0.3, -0.25) is 0 Å². The second kappa shape index (κ2) is 7.38. The Hall–Kier alpha value is -1.43. The second-order valence-electron chi connectivity index (χ2n) is 3.96. The van der Waals surface area contributed by atoms with Crippen LogP contribution in [-0.2, 0) is 11.2 Å². The standard InChI is InChI=1S/C14H11F2NO2.Na/c15-10-5-6-13(11(16)8-10)17-12-4-2-1-3-9(12)7-14(18)19;/h1-6,8,17H,7H2,(H,18,19);/q;+1/p-1. The second-order valence-corrected chi connectivity index (χ2v) is 3.96. The molecular weight excluding hydrogens is 275 g/mol. The first-order chi connectivity index (χ1) is 9.06. The van der Waals surface area contributed by atoms with Crippen molar-refractivity contribution < 1.29 is 48.2 Å². The van der Waals surface area contributed by atoms with Gasteiger partial charge in [0, 0.05) is 24.1 Å². The minimum absolute atomic E-state index is 0. The number of hydrogen-bond acceptors (Lipinski definition) is 3. The van der Waals surface area contributed by atoms with E-state index in [9.17, 15) is 18.7 Å². The molecule has 2 aromatic carbocycles. The first-order valence-electron chi connectivity index (χ1n) is 5.56. The van der Waals surface area contributed by atoms with Gasteiger partial charge in [0.2, 0.25) is 0 Å². The fourth-order valence-corrected chi connectivity index (χ4v) is 1.69. The van der Waals surface area contributed by atoms with Gasteiger partial charge in [-0.2, -0.15) is 0 Å². The Morgan fingerprint density at radius 3 is 2.45 bits per heavy atom. The van der Waals surface area contributed by atoms with E-state index in [1.54, 1.807) is 24.3 Å². The third kappa shape index (κ3) is 4.30. The van der Waals surface area contributed by atoms with Crippen molar-refractivity contribution in [2.24, 2.45) is 0 Å². The summed E-state index contributed by atoms with van der Waals surface area (Å²) in [7, 11) is 0. The summed E-state index contributed by atoms with van der Waals surface area (Å²) in [6, 6.07) is 9.69. The largest absolute Gasteiger partial charge is 1.00 e. The number of carboxylic acids is 1. The van der Waals surface area contributed by atoms with Gasteiger partial charge in [0.05, 0.1) is 5.69 Å². The van der Waals surface area contributed by atoms with Crippen LogP contribution in [0.5, 0.6) is 0 Å². The molecule has 2 rings (SSSR count). The Balaban J connectivity index is 0.00000200. The minimum Gasteiger partial charge on any atom is -0.550 e. The van der Waals surface area contributed by atoms with Crippen molar-refractivity contribution in [3.8, 4) is 0 Å². The normalized spacial score (nSPS) is 9.70. The number of nitrogens with one attached hydrogen (secondary N) is 1. The number of aliphatic carboxylic acids is 1. The molecule has 0 saturated carbocycles. The fourth-order valence-electron chi connectivity index (χ4n) is 1.69. The SMILES string of the molecule is O=C([O-])Cc1ccccc1Nc1ccc(F)cc1F.[Na+]. The number of rotatable bonds is 4. The summed E-state index contributed by atoms with van der Waals surface area (Å²) >= 11 is 0. The van der Waals surface area contributed by atoms with Crippen LogP contribution in [0, 0.1) is 11.6 Å². The van der Waals surface area contributed by atoms with Crippen molar-refractivity contribution in [3.63, 3.8) is 0 Å². The molecule has 0 aliphatic heterocycles. The van der Waals surface area contributed by atoms with Crippen molar-refractivity contribution in [3.05, 3.63) is 59.7 Å². The van der Waals surface area contributed by atoms with Gasteiger partial charge in [-0.05, 0) is 23.8 Å². The van der Waals surface area contributed by atoms with E-state index in [-0.39, 0.29) is 41.7 Å². The van der Waals surface area contributed by atoms with E-state index in [1.807, 2.05) is 0 Å². The van der Waals surface area contributed by atoms with Crippen molar-refractivity contribution in [2.75, 3.05) is 5.32 Å². The Bertz CT molecular complexity index is 620. The third-order valence-corrected chi connectivity index (χ3v) is 2.55. The van der Waals surface area contributed by atoms with Crippen LogP contribution < -0.4 is 40.0 Å². The number of benzene rings is 2. The number of carbonyl (C=O) groups is 1. The van der Waals surface area contributed by atoms with Gasteiger partial charge in [0.25, 0.3) is 0 Å². The van der Waals surface area contributed by atoms with E-state index >= 15 is 0 Å². The van der Waals surface area contributed by atoms with E-state index in [4.69, 9.17) is 0 Å². The number of carboxylic acid groups (broad SMARTS) is 1. The van der Waals surface area contributed by atoms with Gasteiger partial charge in [-0.1, -0.05) is 18.2 Å². The minimum atomic E-state index is -1.23. The van der Waals surface area contributed by atoms with Gasteiger partial charge in [-0.15, -0.1) is 0 Å². The van der Waals surface area contributed by atoms with Gasteiger partial charge >= 0.3 is 29.6 Å². The summed E-state index contributed by atoms with van der Waals surface area (Å²) in [4.78, 5) is 10.6. The molecule has 0 saturated heterocycles. The van der Waals surface area contributed by atoms with Crippen LogP contribution in [-0.4, -0.2) is 5.97 Å². The summed E-state index contributed by atoms with van der Waals surface area (Å²) in [5.74, 6) is -2.65. The zero-order chi connectivity index (χ0) is 13.8. The summed E-state index contributed by atoms with van der Waals surface area (Å²) in [5, 5.41) is 13.4. The van der Waals surface area contributed by atoms with Crippen LogP contribution in [0.25, 0.3) is 0 Å². The molecule has 0 unspecified atom stereocenters. The summed E-state index contributed by atoms with van der Waals surface area (Å²) in [6.45, 7) is 0. The van der Waals surface area contributed by atoms with E-state index in [0.717, 1.165) is 12.1 Å². The number of hydrogen-bond donors (Lipinski definition) is 1. The maximum absolute atomic E-state index is 13.5. The molecule has 3 nitrogen and oxygen atoms in total. The molecule has 0 atom stereocenters. The Morgan fingerprint density at radius 2 is 1.80 bits per heavy atom. The van der Waals surface area contributed by atoms with E-state index < -0.39 is 17.6 Å². The van der Waals surface area contributed by atoms with E-state index in [2.05, 4.69) is 5.32 Å². The molecule has 0 aliphatic rings. The van der Waals surface area contributed by atoms with Gasteiger partial charge in [0.15, 0.2) is 0 Å². The molecular formula is C14H10F2NNaO2. The molecule has 98 valence electrons. The predicted molar refractivity (Wildman–Crippen MR) is 64.8 cm³/mol. The number of para-hydroxylation sites is 1. The number of anilines is 2. The van der Waals surface area contributed by atoms with Gasteiger partial charge < -0.3 is 15.2 Å². The van der Waals surface area contributed by atoms with Crippen LogP contribution in [0.3, 0.4) is 0 Å². The molecule has 0 spiro atoms. The van der Waals surface area contributed by atoms with Crippen LogP contribution in [0.15, 0.2) is 42.5 Å². The van der Waals surface area contributed by atoms with Crippen molar-refractivity contribution in [2.45, 2.75) is 6.42 Å². The molecule has 0 bridgehead atoms. The number of carbonyl (C=O) groups excluding carboxylic acids is 1. The van der Waals surface area contributed by atoms with Crippen LogP contribution in [0.4, 0.5) is 20.2 Å². The molecule has 0 amide bonds. The zero-order valence-corrected chi connectivity index (χ0v) is 12.8. The maximum Gasteiger partial charge on any atom is 1.00 e. The molecule has 0 radical (unpaired) electrons. The summed E-state index contributed by atoms with van der Waals surface area (Å²) in [5.41, 5.74) is 0.982. The van der Waals surface area contributed by atoms with Crippen LogP contribution in [0.2, 0.25) is 0 Å². The average molecular weight is 285 g/mol. The Morgan fingerprint density at radius 1 is 1.10 bits per heavy atom. The van der Waals surface area contributed by atoms with Gasteiger partial charge in [0.1, 0.15) is 11.6 Å². The first-order valence-corrected chi connectivity index (χ1v) is 5.56. The third-order valence-electron chi connectivity index (χ3n) is 2.55. The van der Waals surface area contributed by atoms with Crippen LogP contribution >= 0.6 is 0 Å². The van der Waals surface area contributed by atoms with Gasteiger partial charge in [-0.25, -0.2) is 8.78 Å². The smallest absolute Gasteiger partial charge is 0.550 e. The van der Waals surface area contributed by atoms with E-state index in [1.165, 1.54) is 6.07 Å². The molecule has 1 N–H and O–H groups in total. The Kier molecular flexibility index (Phi) is 6.13. The summed E-state index contributed by atoms with van der Waals surface area (Å²) in [6.07, 6.45) is -0.286. The topological polar surface area (TPSA) is 52.2 Å². The fraction of sp³-hybridized carbons (Fsp3) is 0.0714. The molecule has 0 aliphatic carbocycles. The number of halogens is 2. The molecule has 0 fully saturated rings. The molecule has 6 heteroatoms. The molecule has 0 aromatic heterocycles. The summed E-state index contributed by atoms with van der Waals surface area (Å²) < 4.78 is 26.3. The van der Waals surface area contributed by atoms with Crippen molar-refractivity contribution in [1.29, 1.82) is 0 Å². The van der Waals surface area contributed by atoms with Crippen molar-refractivity contribution in [1.82, 2.24) is 0 Å². The Labute approximate surface area is 136 Å². The quantitative estimate of drug-likeness (QED) is 0.734. The average Bonchev–Trinajstić information content (AvgIpc) is 2.34. The molecule has 20 heavy (non-hydrogen) atoms. The maximum atomic E-state index is 13.5. The van der Waals surface area contributed by atoms with Crippen molar-refractivity contribution >= 4 is 17.3 Å². The molecule has 2 aromatic rings. The molecule has 0 heterocycles. The first kappa shape index (κ1) is 16.6.